The third-order valence-corrected chi connectivity index (χ3v) is 19.4. The van der Waals surface area contributed by atoms with Crippen molar-refractivity contribution in [1.29, 1.82) is 0 Å². The number of hydrogen-bond acceptors (Lipinski definition) is 1. The van der Waals surface area contributed by atoms with E-state index in [0.29, 0.717) is 0 Å². The fourth-order valence-corrected chi connectivity index (χ4v) is 17.8. The molecule has 1 N–H and O–H groups in total. The summed E-state index contributed by atoms with van der Waals surface area (Å²) in [4.78, 5) is 0. The van der Waals surface area contributed by atoms with Gasteiger partial charge in [-0.1, -0.05) is 0 Å². The van der Waals surface area contributed by atoms with Gasteiger partial charge in [0, 0.05) is 0 Å². The molecule has 0 radical (unpaired) electrons. The summed E-state index contributed by atoms with van der Waals surface area (Å²) in [5.41, 5.74) is -0.496. The summed E-state index contributed by atoms with van der Waals surface area (Å²) < 4.78 is 7.28. The molecule has 1 nitrogen and oxygen atoms in total. The monoisotopic (exact) mass is 432 g/mol. The summed E-state index contributed by atoms with van der Waals surface area (Å²) in [6.45, 7) is 11.2. The van der Waals surface area contributed by atoms with E-state index < -0.39 is 24.0 Å². The molecule has 0 aromatic rings. The Hall–Kier alpha value is 0.499. The predicted octanol–water partition coefficient (Wildman–Crippen LogP) is 7.26. The maximum absolute atomic E-state index is 10.5. The summed E-state index contributed by atoms with van der Waals surface area (Å²) in [6, 6.07) is 0. The summed E-state index contributed by atoms with van der Waals surface area (Å²) in [7, 11) is 0. The first-order chi connectivity index (χ1) is 10.9. The van der Waals surface area contributed by atoms with Crippen molar-refractivity contribution in [2.24, 2.45) is 0 Å². The summed E-state index contributed by atoms with van der Waals surface area (Å²) in [5.74, 6) is 0. The normalized spacial score (nSPS) is 15.2. The topological polar surface area (TPSA) is 20.2 Å². The van der Waals surface area contributed by atoms with Gasteiger partial charge in [-0.3, -0.25) is 0 Å². The van der Waals surface area contributed by atoms with Crippen molar-refractivity contribution in [2.45, 2.75) is 118 Å². The fraction of sp³-hybridized carbons (Fsp3) is 0.905. The van der Waals surface area contributed by atoms with Crippen molar-refractivity contribution < 1.29 is 5.11 Å². The minimum atomic E-state index is -2.13. The van der Waals surface area contributed by atoms with Crippen molar-refractivity contribution >= 4 is 18.4 Å². The standard InChI is InChI=1S/C9H17O.3C4H9.Sn/c1-4-6-8-9(3,10)7-5-2;3*1-3-4-2;/h2,5,10H,4,6-8H2,1,3H3;3*1,3-4H2,2H3;. The van der Waals surface area contributed by atoms with Gasteiger partial charge in [0.15, 0.2) is 0 Å². The van der Waals surface area contributed by atoms with Gasteiger partial charge in [-0.05, 0) is 0 Å². The molecule has 23 heavy (non-hydrogen) atoms. The van der Waals surface area contributed by atoms with E-state index in [0.717, 1.165) is 19.3 Å². The molecule has 138 valence electrons. The van der Waals surface area contributed by atoms with Gasteiger partial charge < -0.3 is 0 Å². The van der Waals surface area contributed by atoms with Gasteiger partial charge in [0.2, 0.25) is 0 Å². The van der Waals surface area contributed by atoms with Crippen LogP contribution in [0.2, 0.25) is 13.3 Å². The van der Waals surface area contributed by atoms with Gasteiger partial charge in [-0.2, -0.15) is 0 Å². The molecule has 0 rings (SSSR count). The average Bonchev–Trinajstić information content (AvgIpc) is 2.54. The van der Waals surface area contributed by atoms with E-state index in [9.17, 15) is 5.11 Å². The van der Waals surface area contributed by atoms with E-state index >= 15 is 0 Å². The second-order valence-electron chi connectivity index (χ2n) is 7.88. The van der Waals surface area contributed by atoms with Crippen LogP contribution in [0, 0.1) is 0 Å². The van der Waals surface area contributed by atoms with Crippen molar-refractivity contribution in [2.75, 3.05) is 0 Å². The van der Waals surface area contributed by atoms with Gasteiger partial charge in [-0.25, -0.2) is 0 Å². The SMILES string of the molecule is CCCCC(C)(O)CC=[CH][Sn]([CH2]CCC)([CH2]CCC)[CH2]CCC. The van der Waals surface area contributed by atoms with Gasteiger partial charge in [0.05, 0.1) is 0 Å². The number of rotatable bonds is 15. The summed E-state index contributed by atoms with van der Waals surface area (Å²) in [6.07, 6.45) is 14.7. The summed E-state index contributed by atoms with van der Waals surface area (Å²) in [5, 5.41) is 10.5. The van der Waals surface area contributed by atoms with Gasteiger partial charge in [-0.15, -0.1) is 0 Å². The van der Waals surface area contributed by atoms with Crippen LogP contribution < -0.4 is 0 Å². The first-order valence-electron chi connectivity index (χ1n) is 10.4. The van der Waals surface area contributed by atoms with Crippen LogP contribution >= 0.6 is 0 Å². The van der Waals surface area contributed by atoms with Crippen molar-refractivity contribution in [3.05, 3.63) is 10.2 Å². The molecule has 0 heterocycles. The van der Waals surface area contributed by atoms with Crippen LogP contribution in [0.5, 0.6) is 0 Å². The molecule has 0 amide bonds. The number of unbranched alkanes of at least 4 members (excludes halogenated alkanes) is 4. The van der Waals surface area contributed by atoms with E-state index in [1.807, 2.05) is 6.92 Å². The molecule has 0 aliphatic rings. The van der Waals surface area contributed by atoms with Gasteiger partial charge in [0.25, 0.3) is 0 Å². The molecule has 0 aliphatic heterocycles. The minimum absolute atomic E-state index is 0.496. The Labute approximate surface area is 151 Å². The molecular formula is C21H44OSn. The molecule has 0 aromatic heterocycles. The maximum atomic E-state index is 10.5. The van der Waals surface area contributed by atoms with Crippen LogP contribution in [0.4, 0.5) is 0 Å². The molecular weight excluding hydrogens is 387 g/mol. The number of aliphatic hydroxyl groups is 1. The Morgan fingerprint density at radius 3 is 1.61 bits per heavy atom. The van der Waals surface area contributed by atoms with E-state index in [-0.39, 0.29) is 0 Å². The summed E-state index contributed by atoms with van der Waals surface area (Å²) >= 11 is -2.13. The molecule has 0 saturated carbocycles. The van der Waals surface area contributed by atoms with Crippen molar-refractivity contribution in [3.8, 4) is 0 Å². The molecule has 0 bridgehead atoms. The van der Waals surface area contributed by atoms with Crippen molar-refractivity contribution in [3.63, 3.8) is 0 Å². The molecule has 0 saturated heterocycles. The van der Waals surface area contributed by atoms with Crippen molar-refractivity contribution in [1.82, 2.24) is 0 Å². The molecule has 0 aliphatic carbocycles. The molecule has 0 fully saturated rings. The zero-order chi connectivity index (χ0) is 17.6. The van der Waals surface area contributed by atoms with E-state index in [4.69, 9.17) is 0 Å². The Morgan fingerprint density at radius 2 is 1.22 bits per heavy atom. The second-order valence-corrected chi connectivity index (χ2v) is 20.9. The molecule has 1 unspecified atom stereocenters. The van der Waals surface area contributed by atoms with Crippen LogP contribution in [-0.4, -0.2) is 29.1 Å². The van der Waals surface area contributed by atoms with Crippen LogP contribution in [0.3, 0.4) is 0 Å². The first-order valence-corrected chi connectivity index (χ1v) is 18.1. The number of hydrogen-bond donors (Lipinski definition) is 1. The second kappa shape index (κ2) is 13.8. The van der Waals surface area contributed by atoms with Crippen LogP contribution in [0.15, 0.2) is 10.2 Å². The van der Waals surface area contributed by atoms with Crippen LogP contribution in [0.25, 0.3) is 0 Å². The molecule has 0 spiro atoms. The quantitative estimate of drug-likeness (QED) is 0.271. The fourth-order valence-electron chi connectivity index (χ4n) is 3.43. The Balaban J connectivity index is 4.88. The van der Waals surface area contributed by atoms with Crippen LogP contribution in [-0.2, 0) is 0 Å². The van der Waals surface area contributed by atoms with E-state index in [1.54, 1.807) is 0 Å². The van der Waals surface area contributed by atoms with Crippen LogP contribution in [0.1, 0.15) is 98.8 Å². The zero-order valence-corrected chi connectivity index (χ0v) is 19.6. The van der Waals surface area contributed by atoms with E-state index in [1.165, 1.54) is 58.3 Å². The zero-order valence-electron chi connectivity index (χ0n) is 16.8. The van der Waals surface area contributed by atoms with Gasteiger partial charge >= 0.3 is 151 Å². The Morgan fingerprint density at radius 1 is 0.783 bits per heavy atom. The molecule has 2 heteroatoms. The average molecular weight is 431 g/mol. The Kier molecular flexibility index (Phi) is 14.0. The third kappa shape index (κ3) is 11.6. The first kappa shape index (κ1) is 23.5. The molecule has 0 aromatic carbocycles. The third-order valence-electron chi connectivity index (χ3n) is 5.18. The molecule has 1 atom stereocenters. The van der Waals surface area contributed by atoms with Gasteiger partial charge in [0.1, 0.15) is 0 Å². The predicted molar refractivity (Wildman–Crippen MR) is 109 cm³/mol. The Bertz CT molecular complexity index is 274. The van der Waals surface area contributed by atoms with E-state index in [2.05, 4.69) is 37.9 Å².